The summed E-state index contributed by atoms with van der Waals surface area (Å²) in [4.78, 5) is 28.8. The zero-order chi connectivity index (χ0) is 15.7. The molecule has 7 heteroatoms. The SMILES string of the molecule is COC(=O)CCNc1cc(SCCC=O)c(N(C)C)cn1. The van der Waals surface area contributed by atoms with Crippen LogP contribution in [-0.2, 0) is 14.3 Å². The fraction of sp³-hybridized carbons (Fsp3) is 0.500. The number of hydrogen-bond acceptors (Lipinski definition) is 7. The van der Waals surface area contributed by atoms with Gasteiger partial charge in [0.05, 0.1) is 25.4 Å². The first-order chi connectivity index (χ1) is 10.1. The monoisotopic (exact) mass is 311 g/mol. The van der Waals surface area contributed by atoms with E-state index in [-0.39, 0.29) is 5.97 Å². The van der Waals surface area contributed by atoms with Gasteiger partial charge in [-0.25, -0.2) is 4.98 Å². The lowest BCUT2D eigenvalue weighted by atomic mass is 10.3. The second kappa shape index (κ2) is 9.23. The summed E-state index contributed by atoms with van der Waals surface area (Å²) in [5, 5.41) is 3.09. The number of carbonyl (C=O) groups is 2. The van der Waals surface area contributed by atoms with E-state index in [9.17, 15) is 9.59 Å². The van der Waals surface area contributed by atoms with E-state index in [1.165, 1.54) is 7.11 Å². The molecule has 1 N–H and O–H groups in total. The minimum atomic E-state index is -0.256. The van der Waals surface area contributed by atoms with E-state index < -0.39 is 0 Å². The largest absolute Gasteiger partial charge is 0.469 e. The van der Waals surface area contributed by atoms with Gasteiger partial charge < -0.3 is 19.7 Å². The first-order valence-corrected chi connectivity index (χ1v) is 7.61. The van der Waals surface area contributed by atoms with Crippen LogP contribution in [0, 0.1) is 0 Å². The average molecular weight is 311 g/mol. The second-order valence-corrected chi connectivity index (χ2v) is 5.63. The Bertz CT molecular complexity index is 481. The maximum atomic E-state index is 11.1. The number of ether oxygens (including phenoxy) is 1. The molecule has 0 spiro atoms. The number of pyridine rings is 1. The van der Waals surface area contributed by atoms with Crippen molar-refractivity contribution in [1.82, 2.24) is 4.98 Å². The Kier molecular flexibility index (Phi) is 7.60. The molecule has 21 heavy (non-hydrogen) atoms. The predicted octanol–water partition coefficient (Wildman–Crippen LogP) is 1.80. The summed E-state index contributed by atoms with van der Waals surface area (Å²) < 4.78 is 4.58. The van der Waals surface area contributed by atoms with Crippen LogP contribution in [0.3, 0.4) is 0 Å². The molecule has 1 heterocycles. The number of aromatic nitrogens is 1. The molecule has 0 aliphatic rings. The first-order valence-electron chi connectivity index (χ1n) is 6.63. The lowest BCUT2D eigenvalue weighted by molar-refractivity contribution is -0.140. The maximum Gasteiger partial charge on any atom is 0.307 e. The number of methoxy groups -OCH3 is 1. The molecule has 0 saturated heterocycles. The van der Waals surface area contributed by atoms with Crippen molar-refractivity contribution in [3.63, 3.8) is 0 Å². The number of aldehydes is 1. The summed E-state index contributed by atoms with van der Waals surface area (Å²) in [5.74, 6) is 1.18. The van der Waals surface area contributed by atoms with Gasteiger partial charge in [0, 0.05) is 37.7 Å². The van der Waals surface area contributed by atoms with E-state index in [4.69, 9.17) is 0 Å². The summed E-state index contributed by atoms with van der Waals surface area (Å²) in [6.07, 6.45) is 3.51. The van der Waals surface area contributed by atoms with Gasteiger partial charge in [-0.15, -0.1) is 11.8 Å². The molecule has 0 saturated carbocycles. The third-order valence-electron chi connectivity index (χ3n) is 2.68. The highest BCUT2D eigenvalue weighted by Gasteiger charge is 2.08. The van der Waals surface area contributed by atoms with Crippen LogP contribution >= 0.6 is 11.8 Å². The molecule has 0 aromatic carbocycles. The normalized spacial score (nSPS) is 10.0. The molecule has 0 aliphatic heterocycles. The van der Waals surface area contributed by atoms with Crippen molar-refractivity contribution in [3.05, 3.63) is 12.3 Å². The fourth-order valence-corrected chi connectivity index (χ4v) is 2.60. The summed E-state index contributed by atoms with van der Waals surface area (Å²) in [5.41, 5.74) is 1.00. The molecule has 1 rings (SSSR count). The molecule has 116 valence electrons. The number of carbonyl (C=O) groups excluding carboxylic acids is 2. The van der Waals surface area contributed by atoms with Crippen molar-refractivity contribution in [3.8, 4) is 0 Å². The van der Waals surface area contributed by atoms with Gasteiger partial charge in [-0.3, -0.25) is 4.79 Å². The lowest BCUT2D eigenvalue weighted by Gasteiger charge is -2.17. The van der Waals surface area contributed by atoms with Gasteiger partial charge in [0.25, 0.3) is 0 Å². The van der Waals surface area contributed by atoms with Crippen LogP contribution in [0.1, 0.15) is 12.8 Å². The highest BCUT2D eigenvalue weighted by atomic mass is 32.2. The van der Waals surface area contributed by atoms with Crippen LogP contribution in [-0.4, -0.2) is 50.7 Å². The third kappa shape index (κ3) is 6.03. The molecule has 0 atom stereocenters. The summed E-state index contributed by atoms with van der Waals surface area (Å²) >= 11 is 1.61. The molecule has 0 fully saturated rings. The Morgan fingerprint density at radius 3 is 2.90 bits per heavy atom. The standard InChI is InChI=1S/C14H21N3O3S/c1-17(2)11-10-16-13(15-6-5-14(19)20-3)9-12(11)21-8-4-7-18/h7,9-10H,4-6,8H2,1-3H3,(H,15,16). The Morgan fingerprint density at radius 2 is 2.29 bits per heavy atom. The molecule has 0 amide bonds. The Hall–Kier alpha value is -1.76. The topological polar surface area (TPSA) is 71.5 Å². The summed E-state index contributed by atoms with van der Waals surface area (Å²) in [6, 6.07) is 1.93. The molecule has 0 bridgehead atoms. The van der Waals surface area contributed by atoms with Gasteiger partial charge in [-0.1, -0.05) is 0 Å². The number of rotatable bonds is 9. The number of thioether (sulfide) groups is 1. The van der Waals surface area contributed by atoms with E-state index in [1.54, 1.807) is 18.0 Å². The first kappa shape index (κ1) is 17.3. The smallest absolute Gasteiger partial charge is 0.307 e. The van der Waals surface area contributed by atoms with Crippen LogP contribution < -0.4 is 10.2 Å². The minimum absolute atomic E-state index is 0.256. The molecule has 0 radical (unpaired) electrons. The van der Waals surface area contributed by atoms with Gasteiger partial charge in [-0.2, -0.15) is 0 Å². The fourth-order valence-electron chi connectivity index (χ4n) is 1.59. The molecule has 0 unspecified atom stereocenters. The van der Waals surface area contributed by atoms with Crippen LogP contribution in [0.4, 0.5) is 11.5 Å². The zero-order valence-corrected chi connectivity index (χ0v) is 13.4. The molecule has 1 aromatic heterocycles. The van der Waals surface area contributed by atoms with Crippen molar-refractivity contribution in [2.45, 2.75) is 17.7 Å². The number of nitrogens with one attached hydrogen (secondary N) is 1. The Morgan fingerprint density at radius 1 is 1.52 bits per heavy atom. The van der Waals surface area contributed by atoms with E-state index in [1.807, 2.05) is 25.1 Å². The average Bonchev–Trinajstić information content (AvgIpc) is 2.47. The van der Waals surface area contributed by atoms with E-state index >= 15 is 0 Å². The number of esters is 1. The molecular formula is C14H21N3O3S. The van der Waals surface area contributed by atoms with E-state index in [0.29, 0.717) is 25.2 Å². The van der Waals surface area contributed by atoms with Gasteiger partial charge >= 0.3 is 5.97 Å². The van der Waals surface area contributed by atoms with Crippen molar-refractivity contribution in [2.24, 2.45) is 0 Å². The van der Waals surface area contributed by atoms with Crippen LogP contribution in [0.2, 0.25) is 0 Å². The highest BCUT2D eigenvalue weighted by molar-refractivity contribution is 7.99. The van der Waals surface area contributed by atoms with Gasteiger partial charge in [0.2, 0.25) is 0 Å². The van der Waals surface area contributed by atoms with Crippen molar-refractivity contribution in [1.29, 1.82) is 0 Å². The zero-order valence-electron chi connectivity index (χ0n) is 12.6. The van der Waals surface area contributed by atoms with Crippen molar-refractivity contribution >= 4 is 35.5 Å². The number of hydrogen-bond donors (Lipinski definition) is 1. The molecule has 1 aromatic rings. The van der Waals surface area contributed by atoms with Crippen LogP contribution in [0.25, 0.3) is 0 Å². The quantitative estimate of drug-likeness (QED) is 0.323. The minimum Gasteiger partial charge on any atom is -0.469 e. The predicted molar refractivity (Wildman–Crippen MR) is 85.1 cm³/mol. The van der Waals surface area contributed by atoms with Crippen LogP contribution in [0.5, 0.6) is 0 Å². The Balaban J connectivity index is 2.70. The molecular weight excluding hydrogens is 290 g/mol. The Labute approximate surface area is 129 Å². The third-order valence-corrected chi connectivity index (χ3v) is 3.76. The van der Waals surface area contributed by atoms with Crippen molar-refractivity contribution in [2.75, 3.05) is 43.7 Å². The van der Waals surface area contributed by atoms with Gasteiger partial charge in [-0.05, 0) is 6.07 Å². The van der Waals surface area contributed by atoms with E-state index in [0.717, 1.165) is 22.6 Å². The number of anilines is 2. The van der Waals surface area contributed by atoms with Gasteiger partial charge in [0.1, 0.15) is 12.1 Å². The van der Waals surface area contributed by atoms with Gasteiger partial charge in [0.15, 0.2) is 0 Å². The second-order valence-electron chi connectivity index (χ2n) is 4.49. The number of nitrogens with zero attached hydrogens (tertiary/aromatic N) is 2. The van der Waals surface area contributed by atoms with Crippen molar-refractivity contribution < 1.29 is 14.3 Å². The maximum absolute atomic E-state index is 11.1. The molecule has 6 nitrogen and oxygen atoms in total. The highest BCUT2D eigenvalue weighted by Crippen LogP contribution is 2.30. The summed E-state index contributed by atoms with van der Waals surface area (Å²) in [7, 11) is 5.27. The van der Waals surface area contributed by atoms with Crippen LogP contribution in [0.15, 0.2) is 17.2 Å². The molecule has 0 aliphatic carbocycles. The lowest BCUT2D eigenvalue weighted by Crippen LogP contribution is -2.13. The summed E-state index contributed by atoms with van der Waals surface area (Å²) in [6.45, 7) is 0.472. The van der Waals surface area contributed by atoms with E-state index in [2.05, 4.69) is 15.0 Å².